The van der Waals surface area contributed by atoms with Crippen molar-refractivity contribution in [1.29, 1.82) is 0 Å². The number of guanidine groups is 1. The first-order valence-corrected chi connectivity index (χ1v) is 6.08. The summed E-state index contributed by atoms with van der Waals surface area (Å²) >= 11 is 1.65. The minimum atomic E-state index is 0. The van der Waals surface area contributed by atoms with Crippen molar-refractivity contribution in [1.82, 2.24) is 15.6 Å². The number of terminal acetylenes is 1. The molecule has 0 radical (unpaired) electrons. The predicted octanol–water partition coefficient (Wildman–Crippen LogP) is 1.49. The SMILES string of the molecule is C#CCNC(=NCCc1nccs1)NCC.I. The highest BCUT2D eigenvalue weighted by Gasteiger charge is 1.96. The molecule has 1 heterocycles. The van der Waals surface area contributed by atoms with Crippen LogP contribution < -0.4 is 10.6 Å². The monoisotopic (exact) mass is 364 g/mol. The summed E-state index contributed by atoms with van der Waals surface area (Å²) in [4.78, 5) is 8.59. The van der Waals surface area contributed by atoms with Crippen molar-refractivity contribution in [3.05, 3.63) is 16.6 Å². The van der Waals surface area contributed by atoms with Crippen molar-refractivity contribution in [3.63, 3.8) is 0 Å². The first kappa shape index (κ1) is 16.2. The standard InChI is InChI=1S/C11H16N4S.HI/c1-3-6-14-11(12-4-2)15-7-5-10-13-8-9-16-10;/h1,8-9H,4-7H2,2H3,(H2,12,14,15);1H. The number of thiazole rings is 1. The highest BCUT2D eigenvalue weighted by Crippen LogP contribution is 2.04. The van der Waals surface area contributed by atoms with Gasteiger partial charge in [0.15, 0.2) is 5.96 Å². The van der Waals surface area contributed by atoms with Gasteiger partial charge in [0, 0.05) is 31.1 Å². The molecule has 2 N–H and O–H groups in total. The number of aromatic nitrogens is 1. The number of rotatable bonds is 5. The summed E-state index contributed by atoms with van der Waals surface area (Å²) in [5, 5.41) is 9.24. The van der Waals surface area contributed by atoms with Crippen LogP contribution in [0.3, 0.4) is 0 Å². The molecule has 0 unspecified atom stereocenters. The van der Waals surface area contributed by atoms with Crippen molar-refractivity contribution in [3.8, 4) is 12.3 Å². The van der Waals surface area contributed by atoms with Crippen LogP contribution in [0.1, 0.15) is 11.9 Å². The lowest BCUT2D eigenvalue weighted by Gasteiger charge is -2.08. The van der Waals surface area contributed by atoms with Crippen LogP contribution in [0.25, 0.3) is 0 Å². The maximum atomic E-state index is 5.18. The molecule has 0 aromatic carbocycles. The van der Waals surface area contributed by atoms with Gasteiger partial charge in [0.1, 0.15) is 0 Å². The van der Waals surface area contributed by atoms with Crippen molar-refractivity contribution in [2.24, 2.45) is 4.99 Å². The second-order valence-electron chi connectivity index (χ2n) is 2.99. The van der Waals surface area contributed by atoms with E-state index in [2.05, 4.69) is 26.5 Å². The second kappa shape index (κ2) is 10.4. The number of halogens is 1. The first-order valence-electron chi connectivity index (χ1n) is 5.20. The molecule has 1 rings (SSSR count). The first-order chi connectivity index (χ1) is 7.86. The molecule has 4 nitrogen and oxygen atoms in total. The molecule has 0 amide bonds. The molecule has 0 saturated carbocycles. The van der Waals surface area contributed by atoms with Gasteiger partial charge in [0.05, 0.1) is 11.6 Å². The van der Waals surface area contributed by atoms with Crippen LogP contribution in [-0.4, -0.2) is 30.6 Å². The van der Waals surface area contributed by atoms with E-state index in [-0.39, 0.29) is 24.0 Å². The molecule has 0 spiro atoms. The number of aliphatic imine (C=N–C) groups is 1. The van der Waals surface area contributed by atoms with Crippen molar-refractivity contribution in [2.75, 3.05) is 19.6 Å². The van der Waals surface area contributed by atoms with Crippen molar-refractivity contribution in [2.45, 2.75) is 13.3 Å². The number of hydrogen-bond acceptors (Lipinski definition) is 3. The maximum Gasteiger partial charge on any atom is 0.192 e. The van der Waals surface area contributed by atoms with Gasteiger partial charge in [-0.1, -0.05) is 5.92 Å². The van der Waals surface area contributed by atoms with Crippen LogP contribution in [0.4, 0.5) is 0 Å². The van der Waals surface area contributed by atoms with E-state index in [1.807, 2.05) is 18.5 Å². The van der Waals surface area contributed by atoms with Gasteiger partial charge in [0.25, 0.3) is 0 Å². The zero-order valence-corrected chi connectivity index (χ0v) is 12.9. The Labute approximate surface area is 123 Å². The molecule has 0 aliphatic rings. The highest BCUT2D eigenvalue weighted by molar-refractivity contribution is 14.0. The molecule has 1 aromatic heterocycles. The molecule has 0 atom stereocenters. The van der Waals surface area contributed by atoms with E-state index in [1.165, 1.54) is 0 Å². The number of hydrogen-bond donors (Lipinski definition) is 2. The van der Waals surface area contributed by atoms with Gasteiger partial charge in [-0.05, 0) is 6.92 Å². The third-order valence-corrected chi connectivity index (χ3v) is 2.62. The molecule has 0 aliphatic carbocycles. The van der Waals surface area contributed by atoms with Crippen LogP contribution in [-0.2, 0) is 6.42 Å². The normalized spacial score (nSPS) is 10.2. The van der Waals surface area contributed by atoms with Gasteiger partial charge >= 0.3 is 0 Å². The third-order valence-electron chi connectivity index (χ3n) is 1.78. The van der Waals surface area contributed by atoms with Crippen LogP contribution in [0.2, 0.25) is 0 Å². The van der Waals surface area contributed by atoms with Crippen LogP contribution in [0.15, 0.2) is 16.6 Å². The van der Waals surface area contributed by atoms with Gasteiger partial charge in [-0.3, -0.25) is 4.99 Å². The lowest BCUT2D eigenvalue weighted by molar-refractivity contribution is 0.853. The Morgan fingerprint density at radius 2 is 2.41 bits per heavy atom. The van der Waals surface area contributed by atoms with E-state index >= 15 is 0 Å². The summed E-state index contributed by atoms with van der Waals surface area (Å²) in [7, 11) is 0. The second-order valence-corrected chi connectivity index (χ2v) is 3.97. The lowest BCUT2D eigenvalue weighted by atomic mass is 10.4. The maximum absolute atomic E-state index is 5.18. The fraction of sp³-hybridized carbons (Fsp3) is 0.455. The Balaban J connectivity index is 0.00000256. The predicted molar refractivity (Wildman–Crippen MR) is 84.0 cm³/mol. The fourth-order valence-electron chi connectivity index (χ4n) is 1.12. The van der Waals surface area contributed by atoms with E-state index in [0.29, 0.717) is 13.1 Å². The smallest absolute Gasteiger partial charge is 0.192 e. The molecule has 0 aliphatic heterocycles. The fourth-order valence-corrected chi connectivity index (χ4v) is 1.73. The van der Waals surface area contributed by atoms with E-state index in [0.717, 1.165) is 23.9 Å². The third kappa shape index (κ3) is 7.18. The zero-order valence-electron chi connectivity index (χ0n) is 9.77. The molecule has 0 bridgehead atoms. The zero-order chi connectivity index (χ0) is 11.6. The van der Waals surface area contributed by atoms with E-state index in [1.54, 1.807) is 11.3 Å². The van der Waals surface area contributed by atoms with Gasteiger partial charge in [-0.2, -0.15) is 0 Å². The molecule has 0 fully saturated rings. The lowest BCUT2D eigenvalue weighted by Crippen LogP contribution is -2.37. The Morgan fingerprint density at radius 1 is 1.59 bits per heavy atom. The summed E-state index contributed by atoms with van der Waals surface area (Å²) < 4.78 is 0. The quantitative estimate of drug-likeness (QED) is 0.360. The van der Waals surface area contributed by atoms with Crippen LogP contribution in [0.5, 0.6) is 0 Å². The minimum absolute atomic E-state index is 0. The molecule has 6 heteroatoms. The van der Waals surface area contributed by atoms with Gasteiger partial charge in [-0.25, -0.2) is 4.98 Å². The largest absolute Gasteiger partial charge is 0.357 e. The van der Waals surface area contributed by atoms with Gasteiger partial charge in [-0.15, -0.1) is 41.7 Å². The Kier molecular flexibility index (Phi) is 9.86. The summed E-state index contributed by atoms with van der Waals surface area (Å²) in [6.45, 7) is 4.05. The van der Waals surface area contributed by atoms with Crippen molar-refractivity contribution < 1.29 is 0 Å². The van der Waals surface area contributed by atoms with Gasteiger partial charge in [0.2, 0.25) is 0 Å². The summed E-state index contributed by atoms with van der Waals surface area (Å²) in [6, 6.07) is 0. The average molecular weight is 364 g/mol. The van der Waals surface area contributed by atoms with Crippen molar-refractivity contribution >= 4 is 41.3 Å². The van der Waals surface area contributed by atoms with Gasteiger partial charge < -0.3 is 10.6 Å². The molecular formula is C11H17IN4S. The number of nitrogens with one attached hydrogen (secondary N) is 2. The molecule has 0 saturated heterocycles. The molecular weight excluding hydrogens is 347 g/mol. The Hall–Kier alpha value is -0.810. The van der Waals surface area contributed by atoms with E-state index < -0.39 is 0 Å². The molecule has 1 aromatic rings. The van der Waals surface area contributed by atoms with Crippen LogP contribution in [0, 0.1) is 12.3 Å². The minimum Gasteiger partial charge on any atom is -0.357 e. The molecule has 17 heavy (non-hydrogen) atoms. The number of nitrogens with zero attached hydrogens (tertiary/aromatic N) is 2. The molecule has 94 valence electrons. The topological polar surface area (TPSA) is 49.3 Å². The van der Waals surface area contributed by atoms with E-state index in [4.69, 9.17) is 6.42 Å². The average Bonchev–Trinajstić information content (AvgIpc) is 2.79. The highest BCUT2D eigenvalue weighted by atomic mass is 127. The Bertz CT molecular complexity index is 356. The summed E-state index contributed by atoms with van der Waals surface area (Å²) in [6.07, 6.45) is 7.85. The van der Waals surface area contributed by atoms with Crippen LogP contribution >= 0.6 is 35.3 Å². The van der Waals surface area contributed by atoms with E-state index in [9.17, 15) is 0 Å². The summed E-state index contributed by atoms with van der Waals surface area (Å²) in [5.41, 5.74) is 0. The summed E-state index contributed by atoms with van der Waals surface area (Å²) in [5.74, 6) is 3.28. The Morgan fingerprint density at radius 3 is 3.00 bits per heavy atom.